The molecule has 1 aromatic heterocycles. The van der Waals surface area contributed by atoms with Gasteiger partial charge in [-0.25, -0.2) is 9.59 Å². The fourth-order valence-corrected chi connectivity index (χ4v) is 3.95. The minimum absolute atomic E-state index is 0.0375. The number of amides is 1. The molecule has 0 bridgehead atoms. The van der Waals surface area contributed by atoms with Gasteiger partial charge in [-0.05, 0) is 61.7 Å². The highest BCUT2D eigenvalue weighted by atomic mass is 35.5. The fourth-order valence-electron chi connectivity index (χ4n) is 3.83. The highest BCUT2D eigenvalue weighted by molar-refractivity contribution is 6.31. The molecule has 1 aliphatic rings. The zero-order valence-electron chi connectivity index (χ0n) is 18.2. The number of hydrogen-bond donors (Lipinski definition) is 1. The van der Waals surface area contributed by atoms with Crippen LogP contribution < -0.4 is 20.4 Å². The van der Waals surface area contributed by atoms with Gasteiger partial charge in [-0.3, -0.25) is 4.79 Å². The summed E-state index contributed by atoms with van der Waals surface area (Å²) < 4.78 is 16.0. The topological polar surface area (TPSA) is 94.8 Å². The second-order valence-electron chi connectivity index (χ2n) is 8.13. The smallest absolute Gasteiger partial charge is 0.349 e. The van der Waals surface area contributed by atoms with E-state index < -0.39 is 17.5 Å². The van der Waals surface area contributed by atoms with Crippen molar-refractivity contribution >= 4 is 34.4 Å². The normalized spacial score (nSPS) is 14.1. The molecule has 3 aromatic rings. The van der Waals surface area contributed by atoms with Crippen LogP contribution in [0.25, 0.3) is 11.0 Å². The molecule has 1 heterocycles. The van der Waals surface area contributed by atoms with Gasteiger partial charge in [0.2, 0.25) is 0 Å². The van der Waals surface area contributed by atoms with E-state index in [9.17, 15) is 14.4 Å². The molecule has 0 unspecified atom stereocenters. The fraction of sp³-hybridized carbons (Fsp3) is 0.320. The lowest BCUT2D eigenvalue weighted by Gasteiger charge is -2.22. The number of benzene rings is 2. The molecule has 0 spiro atoms. The third kappa shape index (κ3) is 5.73. The van der Waals surface area contributed by atoms with Crippen LogP contribution in [0.4, 0.5) is 0 Å². The first-order valence-electron chi connectivity index (χ1n) is 10.9. The summed E-state index contributed by atoms with van der Waals surface area (Å²) in [5.74, 6) is -0.348. The molecule has 0 aliphatic heterocycles. The number of carbonyl (C=O) groups is 2. The minimum atomic E-state index is -0.735. The molecule has 7 nitrogen and oxygen atoms in total. The molecule has 0 atom stereocenters. The van der Waals surface area contributed by atoms with Crippen molar-refractivity contribution < 1.29 is 23.5 Å². The summed E-state index contributed by atoms with van der Waals surface area (Å²) in [5, 5.41) is 4.08. The van der Waals surface area contributed by atoms with E-state index in [0.29, 0.717) is 16.2 Å². The molecule has 1 saturated carbocycles. The maximum absolute atomic E-state index is 12.6. The molecule has 1 N–H and O–H groups in total. The van der Waals surface area contributed by atoms with Crippen LogP contribution in [0.3, 0.4) is 0 Å². The monoisotopic (exact) mass is 469 g/mol. The predicted octanol–water partition coefficient (Wildman–Crippen LogP) is 4.80. The standard InChI is InChI=1S/C25H24ClNO6/c1-15-11-18(9-10-21(15)26)31-14-23(28)32-19-8-7-16-12-20(25(30)33-22(16)13-19)24(29)27-17-5-3-2-4-6-17/h7-13,17H,2-6,14H2,1H3,(H,27,29). The number of nitrogens with one attached hydrogen (secondary N) is 1. The van der Waals surface area contributed by atoms with Crippen LogP contribution in [0.1, 0.15) is 48.0 Å². The Labute approximate surface area is 195 Å². The third-order valence-corrected chi connectivity index (χ3v) is 6.03. The highest BCUT2D eigenvalue weighted by Gasteiger charge is 2.20. The molecule has 1 fully saturated rings. The van der Waals surface area contributed by atoms with Crippen molar-refractivity contribution in [3.05, 3.63) is 69.0 Å². The Kier molecular flexibility index (Phi) is 6.99. The van der Waals surface area contributed by atoms with Crippen LogP contribution in [0.2, 0.25) is 5.02 Å². The SMILES string of the molecule is Cc1cc(OCC(=O)Oc2ccc3cc(C(=O)NC4CCCCC4)c(=O)oc3c2)ccc1Cl. The van der Waals surface area contributed by atoms with Crippen molar-refractivity contribution in [3.63, 3.8) is 0 Å². The van der Waals surface area contributed by atoms with Gasteiger partial charge in [0.05, 0.1) is 0 Å². The highest BCUT2D eigenvalue weighted by Crippen LogP contribution is 2.23. The molecule has 8 heteroatoms. The van der Waals surface area contributed by atoms with Gasteiger partial charge in [-0.2, -0.15) is 0 Å². The van der Waals surface area contributed by atoms with E-state index in [1.807, 2.05) is 6.92 Å². The Balaban J connectivity index is 1.41. The van der Waals surface area contributed by atoms with Crippen molar-refractivity contribution in [2.75, 3.05) is 6.61 Å². The van der Waals surface area contributed by atoms with Gasteiger partial charge in [0.25, 0.3) is 5.91 Å². The zero-order chi connectivity index (χ0) is 23.4. The number of rotatable bonds is 6. The predicted molar refractivity (Wildman–Crippen MR) is 124 cm³/mol. The van der Waals surface area contributed by atoms with Crippen LogP contribution in [0.15, 0.2) is 51.7 Å². The summed E-state index contributed by atoms with van der Waals surface area (Å²) in [7, 11) is 0. The number of halogens is 1. The van der Waals surface area contributed by atoms with Crippen molar-refractivity contribution in [1.82, 2.24) is 5.32 Å². The van der Waals surface area contributed by atoms with Gasteiger partial charge in [-0.1, -0.05) is 30.9 Å². The molecule has 172 valence electrons. The quantitative estimate of drug-likeness (QED) is 0.316. The van der Waals surface area contributed by atoms with E-state index in [2.05, 4.69) is 5.32 Å². The third-order valence-electron chi connectivity index (χ3n) is 5.61. The first-order valence-corrected chi connectivity index (χ1v) is 11.3. The summed E-state index contributed by atoms with van der Waals surface area (Å²) in [6, 6.07) is 11.3. The maximum Gasteiger partial charge on any atom is 0.349 e. The molecular weight excluding hydrogens is 446 g/mol. The summed E-state index contributed by atoms with van der Waals surface area (Å²) in [6.45, 7) is 1.53. The summed E-state index contributed by atoms with van der Waals surface area (Å²) in [4.78, 5) is 37.1. The van der Waals surface area contributed by atoms with Crippen LogP contribution in [-0.4, -0.2) is 24.5 Å². The molecule has 0 radical (unpaired) electrons. The van der Waals surface area contributed by atoms with Gasteiger partial charge in [0, 0.05) is 22.5 Å². The number of aryl methyl sites for hydroxylation is 1. The molecular formula is C25H24ClNO6. The molecule has 0 saturated heterocycles. The largest absolute Gasteiger partial charge is 0.482 e. The number of esters is 1. The van der Waals surface area contributed by atoms with Crippen molar-refractivity contribution in [2.24, 2.45) is 0 Å². The van der Waals surface area contributed by atoms with E-state index >= 15 is 0 Å². The maximum atomic E-state index is 12.6. The van der Waals surface area contributed by atoms with Crippen LogP contribution in [-0.2, 0) is 4.79 Å². The van der Waals surface area contributed by atoms with Gasteiger partial charge >= 0.3 is 11.6 Å². The zero-order valence-corrected chi connectivity index (χ0v) is 18.9. The van der Waals surface area contributed by atoms with Crippen molar-refractivity contribution in [2.45, 2.75) is 45.1 Å². The molecule has 2 aromatic carbocycles. The van der Waals surface area contributed by atoms with Gasteiger partial charge < -0.3 is 19.2 Å². The average molecular weight is 470 g/mol. The molecule has 4 rings (SSSR count). The van der Waals surface area contributed by atoms with Crippen LogP contribution in [0.5, 0.6) is 11.5 Å². The lowest BCUT2D eigenvalue weighted by Crippen LogP contribution is -2.38. The van der Waals surface area contributed by atoms with Crippen molar-refractivity contribution in [1.29, 1.82) is 0 Å². The molecule has 1 aliphatic carbocycles. The van der Waals surface area contributed by atoms with Crippen LogP contribution >= 0.6 is 11.6 Å². The van der Waals surface area contributed by atoms with Crippen molar-refractivity contribution in [3.8, 4) is 11.5 Å². The average Bonchev–Trinajstić information content (AvgIpc) is 2.80. The first-order chi connectivity index (χ1) is 15.9. The Morgan fingerprint density at radius 2 is 1.82 bits per heavy atom. The Bertz CT molecular complexity index is 1250. The number of fused-ring (bicyclic) bond motifs is 1. The lowest BCUT2D eigenvalue weighted by molar-refractivity contribution is -0.136. The molecule has 1 amide bonds. The Hall–Kier alpha value is -3.32. The lowest BCUT2D eigenvalue weighted by atomic mass is 9.95. The van der Waals surface area contributed by atoms with Gasteiger partial charge in [-0.15, -0.1) is 0 Å². The van der Waals surface area contributed by atoms with E-state index in [1.54, 1.807) is 30.3 Å². The van der Waals surface area contributed by atoms with E-state index in [1.165, 1.54) is 18.6 Å². The minimum Gasteiger partial charge on any atom is -0.482 e. The second kappa shape index (κ2) is 10.1. The molecule has 33 heavy (non-hydrogen) atoms. The van der Waals surface area contributed by atoms with Gasteiger partial charge in [0.15, 0.2) is 6.61 Å². The Morgan fingerprint density at radius 3 is 2.58 bits per heavy atom. The van der Waals surface area contributed by atoms with E-state index in [0.717, 1.165) is 31.2 Å². The van der Waals surface area contributed by atoms with Gasteiger partial charge in [0.1, 0.15) is 22.6 Å². The summed E-state index contributed by atoms with van der Waals surface area (Å²) >= 11 is 5.98. The number of hydrogen-bond acceptors (Lipinski definition) is 6. The first kappa shape index (κ1) is 22.9. The van der Waals surface area contributed by atoms with E-state index in [4.69, 9.17) is 25.5 Å². The van der Waals surface area contributed by atoms with Crippen LogP contribution in [0, 0.1) is 6.92 Å². The second-order valence-corrected chi connectivity index (χ2v) is 8.54. The number of ether oxygens (including phenoxy) is 2. The summed E-state index contributed by atoms with van der Waals surface area (Å²) in [6.07, 6.45) is 5.15. The van der Waals surface area contributed by atoms with E-state index in [-0.39, 0.29) is 29.5 Å². The summed E-state index contributed by atoms with van der Waals surface area (Å²) in [5.41, 5.74) is 0.276. The Morgan fingerprint density at radius 1 is 1.06 bits per heavy atom. The number of carbonyl (C=O) groups excluding carboxylic acids is 2.